The first-order valence-electron chi connectivity index (χ1n) is 8.12. The number of rotatable bonds is 3. The first kappa shape index (κ1) is 16.6. The lowest BCUT2D eigenvalue weighted by Crippen LogP contribution is -2.40. The van der Waals surface area contributed by atoms with E-state index in [1.54, 1.807) is 14.2 Å². The van der Waals surface area contributed by atoms with E-state index in [4.69, 9.17) is 9.47 Å². The Labute approximate surface area is 142 Å². The number of Topliss-reactive ketones (excluding diaryl/α,β-unsaturated/α-hetero) is 1. The Bertz CT molecular complexity index is 733. The SMILES string of the molecule is COc1ccc([C@@H]2CC(=O)NC3=C2C(=O)CC(C)(C)C3)cc1OC. The molecule has 5 heteroatoms. The molecule has 3 rings (SSSR count). The predicted octanol–water partition coefficient (Wildman–Crippen LogP) is 2.95. The topological polar surface area (TPSA) is 64.6 Å². The average Bonchev–Trinajstić information content (AvgIpc) is 2.51. The first-order valence-corrected chi connectivity index (χ1v) is 8.12. The van der Waals surface area contributed by atoms with Crippen molar-refractivity contribution in [1.29, 1.82) is 0 Å². The Hall–Kier alpha value is -2.30. The molecule has 1 aromatic carbocycles. The monoisotopic (exact) mass is 329 g/mol. The summed E-state index contributed by atoms with van der Waals surface area (Å²) in [6, 6.07) is 5.58. The maximum atomic E-state index is 12.7. The van der Waals surface area contributed by atoms with Crippen LogP contribution in [0.25, 0.3) is 0 Å². The van der Waals surface area contributed by atoms with Crippen LogP contribution in [-0.4, -0.2) is 25.9 Å². The van der Waals surface area contributed by atoms with Gasteiger partial charge in [0.05, 0.1) is 14.2 Å². The van der Waals surface area contributed by atoms with Gasteiger partial charge >= 0.3 is 0 Å². The molecule has 0 unspecified atom stereocenters. The van der Waals surface area contributed by atoms with E-state index in [1.165, 1.54) is 0 Å². The van der Waals surface area contributed by atoms with Crippen molar-refractivity contribution >= 4 is 11.7 Å². The summed E-state index contributed by atoms with van der Waals surface area (Å²) >= 11 is 0. The zero-order valence-electron chi connectivity index (χ0n) is 14.6. The Morgan fingerprint density at radius 1 is 1.08 bits per heavy atom. The molecule has 24 heavy (non-hydrogen) atoms. The number of amides is 1. The van der Waals surface area contributed by atoms with Gasteiger partial charge in [-0.1, -0.05) is 19.9 Å². The number of ether oxygens (including phenoxy) is 2. The highest BCUT2D eigenvalue weighted by Crippen LogP contribution is 2.45. The number of carbonyl (C=O) groups excluding carboxylic acids is 2. The molecule has 0 spiro atoms. The standard InChI is InChI=1S/C19H23NO4/c1-19(2)9-13-18(14(21)10-19)12(8-17(22)20-13)11-5-6-15(23-3)16(7-11)24-4/h5-7,12H,8-10H2,1-4H3,(H,20,22)/t12-/m0/s1. The molecule has 128 valence electrons. The van der Waals surface area contributed by atoms with Gasteiger partial charge in [-0.05, 0) is 29.5 Å². The van der Waals surface area contributed by atoms with Crippen molar-refractivity contribution in [2.75, 3.05) is 14.2 Å². The van der Waals surface area contributed by atoms with Crippen molar-refractivity contribution in [3.63, 3.8) is 0 Å². The van der Waals surface area contributed by atoms with E-state index in [0.717, 1.165) is 16.8 Å². The van der Waals surface area contributed by atoms with Crippen molar-refractivity contribution in [2.45, 2.75) is 39.0 Å². The molecule has 1 heterocycles. The third-order valence-electron chi connectivity index (χ3n) is 4.76. The molecule has 5 nitrogen and oxygen atoms in total. The summed E-state index contributed by atoms with van der Waals surface area (Å²) < 4.78 is 10.6. The van der Waals surface area contributed by atoms with Gasteiger partial charge in [0.25, 0.3) is 0 Å². The summed E-state index contributed by atoms with van der Waals surface area (Å²) in [5.41, 5.74) is 2.32. The van der Waals surface area contributed by atoms with Crippen LogP contribution in [0.15, 0.2) is 29.5 Å². The van der Waals surface area contributed by atoms with Gasteiger partial charge in [-0.3, -0.25) is 9.59 Å². The highest BCUT2D eigenvalue weighted by Gasteiger charge is 2.40. The fourth-order valence-corrected chi connectivity index (χ4v) is 3.71. The smallest absolute Gasteiger partial charge is 0.225 e. The van der Waals surface area contributed by atoms with Gasteiger partial charge in [-0.2, -0.15) is 0 Å². The third kappa shape index (κ3) is 2.90. The lowest BCUT2D eigenvalue weighted by Gasteiger charge is -2.37. The summed E-state index contributed by atoms with van der Waals surface area (Å²) in [6.07, 6.45) is 1.50. The van der Waals surface area contributed by atoms with Gasteiger partial charge in [0, 0.05) is 30.0 Å². The number of hydrogen-bond acceptors (Lipinski definition) is 4. The lowest BCUT2D eigenvalue weighted by molar-refractivity contribution is -0.122. The molecule has 2 aliphatic rings. The maximum Gasteiger partial charge on any atom is 0.225 e. The molecule has 0 radical (unpaired) electrons. The van der Waals surface area contributed by atoms with E-state index >= 15 is 0 Å². The number of benzene rings is 1. The van der Waals surface area contributed by atoms with E-state index in [-0.39, 0.29) is 29.4 Å². The van der Waals surface area contributed by atoms with Crippen LogP contribution >= 0.6 is 0 Å². The van der Waals surface area contributed by atoms with E-state index < -0.39 is 0 Å². The number of nitrogens with one attached hydrogen (secondary N) is 1. The number of carbonyl (C=O) groups is 2. The average molecular weight is 329 g/mol. The fourth-order valence-electron chi connectivity index (χ4n) is 3.71. The molecule has 1 amide bonds. The van der Waals surface area contributed by atoms with Gasteiger partial charge < -0.3 is 14.8 Å². The van der Waals surface area contributed by atoms with E-state index in [2.05, 4.69) is 19.2 Å². The van der Waals surface area contributed by atoms with Gasteiger partial charge in [-0.15, -0.1) is 0 Å². The van der Waals surface area contributed by atoms with Crippen molar-refractivity contribution in [1.82, 2.24) is 5.32 Å². The van der Waals surface area contributed by atoms with Crippen molar-refractivity contribution in [3.8, 4) is 11.5 Å². The molecule has 0 saturated carbocycles. The third-order valence-corrected chi connectivity index (χ3v) is 4.76. The quantitative estimate of drug-likeness (QED) is 0.926. The van der Waals surface area contributed by atoms with Gasteiger partial charge in [-0.25, -0.2) is 0 Å². The van der Waals surface area contributed by atoms with Crippen molar-refractivity contribution < 1.29 is 19.1 Å². The molecule has 1 aromatic rings. The van der Waals surface area contributed by atoms with Crippen LogP contribution < -0.4 is 14.8 Å². The zero-order chi connectivity index (χ0) is 17.5. The molecule has 1 aliphatic carbocycles. The van der Waals surface area contributed by atoms with Crippen LogP contribution in [0, 0.1) is 5.41 Å². The molecule has 1 atom stereocenters. The van der Waals surface area contributed by atoms with Crippen LogP contribution in [-0.2, 0) is 9.59 Å². The highest BCUT2D eigenvalue weighted by atomic mass is 16.5. The van der Waals surface area contributed by atoms with Gasteiger partial charge in [0.2, 0.25) is 5.91 Å². The summed E-state index contributed by atoms with van der Waals surface area (Å²) in [5, 5.41) is 2.92. The zero-order valence-corrected chi connectivity index (χ0v) is 14.6. The van der Waals surface area contributed by atoms with Crippen LogP contribution in [0.2, 0.25) is 0 Å². The molecule has 0 bridgehead atoms. The minimum absolute atomic E-state index is 0.0426. The van der Waals surface area contributed by atoms with E-state index in [0.29, 0.717) is 24.3 Å². The molecule has 0 saturated heterocycles. The Balaban J connectivity index is 2.07. The second-order valence-electron chi connectivity index (χ2n) is 7.25. The number of allylic oxidation sites excluding steroid dienone is 2. The normalized spacial score (nSPS) is 22.8. The largest absolute Gasteiger partial charge is 0.493 e. The van der Waals surface area contributed by atoms with Gasteiger partial charge in [0.1, 0.15) is 0 Å². The first-order chi connectivity index (χ1) is 11.3. The maximum absolute atomic E-state index is 12.7. The molecule has 0 fully saturated rings. The van der Waals surface area contributed by atoms with Crippen LogP contribution in [0.5, 0.6) is 11.5 Å². The second-order valence-corrected chi connectivity index (χ2v) is 7.25. The predicted molar refractivity (Wildman–Crippen MR) is 90.1 cm³/mol. The van der Waals surface area contributed by atoms with Crippen molar-refractivity contribution in [2.24, 2.45) is 5.41 Å². The fraction of sp³-hybridized carbons (Fsp3) is 0.474. The summed E-state index contributed by atoms with van der Waals surface area (Å²) in [5.74, 6) is 1.09. The molecular formula is C19H23NO4. The highest BCUT2D eigenvalue weighted by molar-refractivity contribution is 6.02. The summed E-state index contributed by atoms with van der Waals surface area (Å²) in [4.78, 5) is 24.9. The van der Waals surface area contributed by atoms with E-state index in [1.807, 2.05) is 18.2 Å². The number of hydrogen-bond donors (Lipinski definition) is 1. The summed E-state index contributed by atoms with van der Waals surface area (Å²) in [7, 11) is 3.16. The molecule has 0 aromatic heterocycles. The second kappa shape index (κ2) is 5.96. The lowest BCUT2D eigenvalue weighted by atomic mass is 9.70. The molecular weight excluding hydrogens is 306 g/mol. The molecule has 1 N–H and O–H groups in total. The van der Waals surface area contributed by atoms with Gasteiger partial charge in [0.15, 0.2) is 17.3 Å². The van der Waals surface area contributed by atoms with E-state index in [9.17, 15) is 9.59 Å². The number of methoxy groups -OCH3 is 2. The van der Waals surface area contributed by atoms with Crippen LogP contribution in [0.4, 0.5) is 0 Å². The summed E-state index contributed by atoms with van der Waals surface area (Å²) in [6.45, 7) is 4.11. The minimum Gasteiger partial charge on any atom is -0.493 e. The Morgan fingerprint density at radius 3 is 2.46 bits per heavy atom. The molecule has 1 aliphatic heterocycles. The van der Waals surface area contributed by atoms with Crippen molar-refractivity contribution in [3.05, 3.63) is 35.0 Å². The van der Waals surface area contributed by atoms with Crippen LogP contribution in [0.1, 0.15) is 44.6 Å². The Kier molecular flexibility index (Phi) is 4.11. The Morgan fingerprint density at radius 2 is 1.79 bits per heavy atom. The number of ketones is 1. The minimum atomic E-state index is -0.225. The van der Waals surface area contributed by atoms with Crippen LogP contribution in [0.3, 0.4) is 0 Å².